The van der Waals surface area contributed by atoms with Crippen molar-refractivity contribution in [2.45, 2.75) is 27.7 Å². The second kappa shape index (κ2) is 19.9. The first-order valence-corrected chi connectivity index (χ1v) is 28.0. The van der Waals surface area contributed by atoms with E-state index < -0.39 is 8.07 Å². The van der Waals surface area contributed by atoms with Crippen LogP contribution < -0.4 is 20.7 Å². The maximum Gasteiger partial charge on any atom is 0.179 e. The highest BCUT2D eigenvalue weighted by molar-refractivity contribution is 7.19. The van der Waals surface area contributed by atoms with Gasteiger partial charge in [0, 0.05) is 44.3 Å². The van der Waals surface area contributed by atoms with Crippen LogP contribution in [0.2, 0.25) is 0 Å². The number of aromatic nitrogens is 10. The lowest BCUT2D eigenvalue weighted by molar-refractivity contribution is 0.928. The van der Waals surface area contributed by atoms with E-state index >= 15 is 0 Å². The van der Waals surface area contributed by atoms with E-state index in [9.17, 15) is 0 Å². The molecule has 0 aliphatic rings. The molecule has 0 amide bonds. The molecule has 10 nitrogen and oxygen atoms in total. The van der Waals surface area contributed by atoms with Crippen molar-refractivity contribution in [2.24, 2.45) is 0 Å². The number of benzene rings is 9. The third-order valence-corrected chi connectivity index (χ3v) is 19.2. The second-order valence-electron chi connectivity index (χ2n) is 19.5. The van der Waals surface area contributed by atoms with Gasteiger partial charge in [0.15, 0.2) is 37.2 Å². The van der Waals surface area contributed by atoms with Crippen LogP contribution in [0.5, 0.6) is 0 Å². The van der Waals surface area contributed by atoms with E-state index in [0.717, 1.165) is 66.4 Å². The maximum absolute atomic E-state index is 5.34. The molecule has 11 heteroatoms. The van der Waals surface area contributed by atoms with E-state index in [1.54, 1.807) is 0 Å². The van der Waals surface area contributed by atoms with E-state index in [1.807, 2.05) is 88.4 Å². The molecule has 0 saturated heterocycles. The predicted molar refractivity (Wildman–Crippen MR) is 316 cm³/mol. The van der Waals surface area contributed by atoms with Gasteiger partial charge in [-0.25, -0.2) is 44.9 Å². The van der Waals surface area contributed by atoms with Crippen LogP contribution in [0.25, 0.3) is 95.6 Å². The van der Waals surface area contributed by atoms with Crippen molar-refractivity contribution in [3.63, 3.8) is 0 Å². The fourth-order valence-electron chi connectivity index (χ4n) is 11.1. The van der Waals surface area contributed by atoms with Crippen molar-refractivity contribution < 1.29 is 0 Å². The SMILES string of the molecule is Cc1nc(C)nc(-c2ccc3c(c2)c2cc(-c4nc(C)nc(C)n4)ccc2n3-c2ccc(-c3nc(-c4ccccc4)nc(-c4ccccc4)n3)c(-c3cccc([Si](c4ccccc4)(c4ccccc4)c4ccccc4)c3)c2)n1. The topological polar surface area (TPSA) is 121 Å². The molecular weight excluding hydrogens is 973 g/mol. The molecule has 0 atom stereocenters. The van der Waals surface area contributed by atoms with Gasteiger partial charge in [0.25, 0.3) is 0 Å². The molecule has 13 rings (SSSR count). The number of nitrogens with zero attached hydrogens (tertiary/aromatic N) is 10. The van der Waals surface area contributed by atoms with Gasteiger partial charge in [-0.2, -0.15) is 0 Å². The van der Waals surface area contributed by atoms with Crippen molar-refractivity contribution in [1.82, 2.24) is 49.4 Å². The minimum Gasteiger partial charge on any atom is -0.309 e. The van der Waals surface area contributed by atoms with Crippen LogP contribution in [0.4, 0.5) is 0 Å². The smallest absolute Gasteiger partial charge is 0.179 e. The van der Waals surface area contributed by atoms with Gasteiger partial charge in [0.05, 0.1) is 11.0 Å². The van der Waals surface area contributed by atoms with Crippen LogP contribution in [0.1, 0.15) is 23.3 Å². The molecule has 0 bridgehead atoms. The summed E-state index contributed by atoms with van der Waals surface area (Å²) in [6.45, 7) is 7.61. The number of rotatable bonds is 11. The predicted octanol–water partition coefficient (Wildman–Crippen LogP) is 12.0. The molecule has 78 heavy (non-hydrogen) atoms. The molecule has 13 aromatic rings. The molecule has 4 aromatic heterocycles. The minimum absolute atomic E-state index is 0.565. The molecule has 0 unspecified atom stereocenters. The van der Waals surface area contributed by atoms with Crippen LogP contribution in [-0.4, -0.2) is 57.5 Å². The summed E-state index contributed by atoms with van der Waals surface area (Å²) in [5.74, 6) is 5.66. The van der Waals surface area contributed by atoms with Gasteiger partial charge in [-0.3, -0.25) is 0 Å². The molecular formula is C67H50N10Si. The van der Waals surface area contributed by atoms with Gasteiger partial charge in [0.1, 0.15) is 23.3 Å². The fraction of sp³-hybridized carbons (Fsp3) is 0.0597. The monoisotopic (exact) mass is 1020 g/mol. The summed E-state index contributed by atoms with van der Waals surface area (Å²) in [7, 11) is -2.96. The molecule has 9 aromatic carbocycles. The van der Waals surface area contributed by atoms with Crippen LogP contribution in [0.15, 0.2) is 231 Å². The lowest BCUT2D eigenvalue weighted by Crippen LogP contribution is -2.74. The van der Waals surface area contributed by atoms with Gasteiger partial charge in [-0.1, -0.05) is 176 Å². The van der Waals surface area contributed by atoms with E-state index in [2.05, 4.69) is 184 Å². The number of hydrogen-bond acceptors (Lipinski definition) is 9. The highest BCUT2D eigenvalue weighted by atomic mass is 28.3. The van der Waals surface area contributed by atoms with Gasteiger partial charge in [0.2, 0.25) is 0 Å². The third-order valence-electron chi connectivity index (χ3n) is 14.4. The molecule has 372 valence electrons. The van der Waals surface area contributed by atoms with Crippen LogP contribution in [-0.2, 0) is 0 Å². The summed E-state index contributed by atoms with van der Waals surface area (Å²) in [5.41, 5.74) is 9.40. The minimum atomic E-state index is -2.96. The molecule has 0 fully saturated rings. The van der Waals surface area contributed by atoms with Crippen molar-refractivity contribution in [3.8, 4) is 73.8 Å². The van der Waals surface area contributed by atoms with Gasteiger partial charge in [-0.15, -0.1) is 0 Å². The second-order valence-corrected chi connectivity index (χ2v) is 23.3. The average molecular weight is 1020 g/mol. The lowest BCUT2D eigenvalue weighted by atomic mass is 9.98. The van der Waals surface area contributed by atoms with Crippen LogP contribution >= 0.6 is 0 Å². The summed E-state index contributed by atoms with van der Waals surface area (Å²) < 4.78 is 2.35. The Morgan fingerprint density at radius 2 is 0.654 bits per heavy atom. The third kappa shape index (κ3) is 8.71. The van der Waals surface area contributed by atoms with E-state index in [-0.39, 0.29) is 0 Å². The lowest BCUT2D eigenvalue weighted by Gasteiger charge is -2.34. The zero-order chi connectivity index (χ0) is 52.7. The summed E-state index contributed by atoms with van der Waals surface area (Å²) in [6.07, 6.45) is 0. The van der Waals surface area contributed by atoms with Crippen molar-refractivity contribution in [2.75, 3.05) is 0 Å². The Morgan fingerprint density at radius 1 is 0.269 bits per heavy atom. The number of aryl methyl sites for hydroxylation is 4. The van der Waals surface area contributed by atoms with E-state index in [0.29, 0.717) is 52.4 Å². The molecule has 0 N–H and O–H groups in total. The Morgan fingerprint density at radius 3 is 1.10 bits per heavy atom. The zero-order valence-electron chi connectivity index (χ0n) is 43.4. The van der Waals surface area contributed by atoms with Crippen LogP contribution in [0.3, 0.4) is 0 Å². The van der Waals surface area contributed by atoms with Crippen molar-refractivity contribution in [1.29, 1.82) is 0 Å². The molecule has 0 saturated carbocycles. The number of fused-ring (bicyclic) bond motifs is 3. The Labute approximate surface area is 453 Å². The summed E-state index contributed by atoms with van der Waals surface area (Å²) in [4.78, 5) is 43.9. The number of hydrogen-bond donors (Lipinski definition) is 0. The molecule has 4 heterocycles. The summed E-state index contributed by atoms with van der Waals surface area (Å²) >= 11 is 0. The fourth-order valence-corrected chi connectivity index (χ4v) is 15.9. The first kappa shape index (κ1) is 47.7. The molecule has 0 aliphatic carbocycles. The standard InChI is InChI=1S/C67H50N10Si/c1-43-68-44(2)71-65(70-43)50-33-37-61-59(40-50)60-41-51(66-72-45(3)69-46(4)73-66)34-38-62(60)77(61)52-35-36-57(67-75-63(47-21-10-5-11-22-47)74-64(76-67)48-23-12-6-13-24-48)58(42-52)49-25-20-32-56(39-49)78(53-26-14-7-15-27-53,54-28-16-8-17-29-54)55-30-18-9-19-31-55/h5-42H,1-4H3. The molecule has 0 spiro atoms. The van der Waals surface area contributed by atoms with Gasteiger partial charge >= 0.3 is 0 Å². The van der Waals surface area contributed by atoms with Gasteiger partial charge in [-0.05, 0) is 114 Å². The Hall–Kier alpha value is -9.97. The average Bonchev–Trinajstić information content (AvgIpc) is 3.83. The first-order valence-electron chi connectivity index (χ1n) is 26.0. The highest BCUT2D eigenvalue weighted by Crippen LogP contribution is 2.40. The first-order chi connectivity index (χ1) is 38.3. The molecule has 0 radical (unpaired) electrons. The van der Waals surface area contributed by atoms with Gasteiger partial charge < -0.3 is 4.57 Å². The maximum atomic E-state index is 5.34. The summed E-state index contributed by atoms with van der Waals surface area (Å²) in [6, 6.07) is 82.2. The normalized spacial score (nSPS) is 11.6. The quantitative estimate of drug-likeness (QED) is 0.0921. The Bertz CT molecular complexity index is 4060. The zero-order valence-corrected chi connectivity index (χ0v) is 44.4. The Balaban J connectivity index is 1.10. The summed E-state index contributed by atoms with van der Waals surface area (Å²) in [5, 5.41) is 7.17. The van der Waals surface area contributed by atoms with E-state index in [1.165, 1.54) is 20.7 Å². The van der Waals surface area contributed by atoms with E-state index in [4.69, 9.17) is 34.9 Å². The highest BCUT2D eigenvalue weighted by Gasteiger charge is 2.41. The van der Waals surface area contributed by atoms with Crippen molar-refractivity contribution >= 4 is 50.6 Å². The van der Waals surface area contributed by atoms with Crippen molar-refractivity contribution in [3.05, 3.63) is 254 Å². The van der Waals surface area contributed by atoms with Crippen LogP contribution in [0, 0.1) is 27.7 Å². The molecule has 0 aliphatic heterocycles. The largest absolute Gasteiger partial charge is 0.309 e. The Kier molecular flexibility index (Phi) is 12.2.